The summed E-state index contributed by atoms with van der Waals surface area (Å²) in [6.45, 7) is 1.70. The van der Waals surface area contributed by atoms with Gasteiger partial charge in [0.1, 0.15) is 0 Å². The Bertz CT molecular complexity index is 150. The number of β-amino-alcohol motifs (C(OH)–C–C–N with tert-alkyl or cyclic N) is 1. The van der Waals surface area contributed by atoms with Crippen molar-refractivity contribution in [3.63, 3.8) is 0 Å². The monoisotopic (exact) mass is 153 g/mol. The molecule has 1 fully saturated rings. The van der Waals surface area contributed by atoms with E-state index in [9.17, 15) is 5.11 Å². The first-order chi connectivity index (χ1) is 5.34. The maximum Gasteiger partial charge on any atom is 0.0704 e. The average Bonchev–Trinajstić information content (AvgIpc) is 2.37. The molecular formula is C9H15NO. The Labute approximate surface area is 68.0 Å². The van der Waals surface area contributed by atoms with Crippen LogP contribution in [0.1, 0.15) is 19.3 Å². The largest absolute Gasteiger partial charge is 0.391 e. The minimum absolute atomic E-state index is 0.146. The molecule has 1 aliphatic heterocycles. The van der Waals surface area contributed by atoms with Gasteiger partial charge in [-0.15, -0.1) is 12.3 Å². The third kappa shape index (κ3) is 2.53. The topological polar surface area (TPSA) is 32.3 Å². The Morgan fingerprint density at radius 2 is 2.36 bits per heavy atom. The van der Waals surface area contributed by atoms with E-state index in [4.69, 9.17) is 6.42 Å². The van der Waals surface area contributed by atoms with Crippen molar-refractivity contribution in [1.29, 1.82) is 0 Å². The van der Waals surface area contributed by atoms with Crippen molar-refractivity contribution in [3.05, 3.63) is 0 Å². The van der Waals surface area contributed by atoms with Crippen molar-refractivity contribution < 1.29 is 5.11 Å². The zero-order chi connectivity index (χ0) is 8.10. The van der Waals surface area contributed by atoms with Crippen LogP contribution in [0, 0.1) is 18.3 Å². The molecule has 0 saturated carbocycles. The highest BCUT2D eigenvalue weighted by Gasteiger charge is 2.23. The van der Waals surface area contributed by atoms with Gasteiger partial charge in [-0.2, -0.15) is 0 Å². The van der Waals surface area contributed by atoms with E-state index in [2.05, 4.69) is 11.2 Å². The minimum atomic E-state index is -0.146. The highest BCUT2D eigenvalue weighted by Crippen LogP contribution is 2.15. The van der Waals surface area contributed by atoms with Gasteiger partial charge in [-0.05, 0) is 18.8 Å². The smallest absolute Gasteiger partial charge is 0.0704 e. The second-order valence-corrected chi connectivity index (χ2v) is 3.08. The van der Waals surface area contributed by atoms with E-state index >= 15 is 0 Å². The van der Waals surface area contributed by atoms with Crippen LogP contribution in [0.25, 0.3) is 0 Å². The van der Waals surface area contributed by atoms with Crippen LogP contribution in [0.3, 0.4) is 0 Å². The fourth-order valence-corrected chi connectivity index (χ4v) is 1.48. The molecule has 0 spiro atoms. The number of aliphatic hydroxyl groups is 1. The maximum absolute atomic E-state index is 9.37. The number of hydrogen-bond donors (Lipinski definition) is 2. The predicted molar refractivity (Wildman–Crippen MR) is 45.1 cm³/mol. The van der Waals surface area contributed by atoms with Crippen LogP contribution in [-0.4, -0.2) is 24.3 Å². The number of rotatable bonds is 3. The molecule has 2 N–H and O–H groups in total. The fraction of sp³-hybridized carbons (Fsp3) is 0.778. The zero-order valence-electron chi connectivity index (χ0n) is 6.71. The van der Waals surface area contributed by atoms with Crippen molar-refractivity contribution in [2.75, 3.05) is 13.1 Å². The lowest BCUT2D eigenvalue weighted by atomic mass is 9.99. The molecule has 0 unspecified atom stereocenters. The van der Waals surface area contributed by atoms with Crippen LogP contribution < -0.4 is 5.32 Å². The summed E-state index contributed by atoms with van der Waals surface area (Å²) < 4.78 is 0. The summed E-state index contributed by atoms with van der Waals surface area (Å²) in [4.78, 5) is 0. The van der Waals surface area contributed by atoms with Gasteiger partial charge in [0.25, 0.3) is 0 Å². The van der Waals surface area contributed by atoms with Crippen LogP contribution in [0.2, 0.25) is 0 Å². The lowest BCUT2D eigenvalue weighted by Crippen LogP contribution is -2.17. The minimum Gasteiger partial charge on any atom is -0.391 e. The summed E-state index contributed by atoms with van der Waals surface area (Å²) in [6, 6.07) is 0. The molecule has 1 heterocycles. The van der Waals surface area contributed by atoms with E-state index in [-0.39, 0.29) is 6.10 Å². The lowest BCUT2D eigenvalue weighted by Gasteiger charge is -2.11. The van der Waals surface area contributed by atoms with Gasteiger partial charge in [0, 0.05) is 19.5 Å². The summed E-state index contributed by atoms with van der Waals surface area (Å²) in [5.41, 5.74) is 0. The summed E-state index contributed by atoms with van der Waals surface area (Å²) in [6.07, 6.45) is 7.91. The number of hydrogen-bond acceptors (Lipinski definition) is 2. The number of aliphatic hydroxyl groups excluding tert-OH is 1. The van der Waals surface area contributed by atoms with E-state index < -0.39 is 0 Å². The second kappa shape index (κ2) is 4.38. The lowest BCUT2D eigenvalue weighted by molar-refractivity contribution is 0.142. The van der Waals surface area contributed by atoms with Crippen molar-refractivity contribution in [3.8, 4) is 12.3 Å². The molecule has 0 aromatic heterocycles. The molecule has 0 aliphatic carbocycles. The number of unbranched alkanes of at least 4 members (excludes halogenated alkanes) is 1. The first-order valence-electron chi connectivity index (χ1n) is 4.17. The number of nitrogens with one attached hydrogen (secondary N) is 1. The molecule has 1 rings (SSSR count). The second-order valence-electron chi connectivity index (χ2n) is 3.08. The van der Waals surface area contributed by atoms with E-state index in [0.717, 1.165) is 32.4 Å². The van der Waals surface area contributed by atoms with Gasteiger partial charge in [0.15, 0.2) is 0 Å². The Kier molecular flexibility index (Phi) is 3.41. The van der Waals surface area contributed by atoms with Crippen molar-refractivity contribution in [2.45, 2.75) is 25.4 Å². The summed E-state index contributed by atoms with van der Waals surface area (Å²) in [5, 5.41) is 12.5. The van der Waals surface area contributed by atoms with Gasteiger partial charge in [-0.1, -0.05) is 0 Å². The third-order valence-electron chi connectivity index (χ3n) is 2.20. The molecule has 1 aliphatic rings. The normalized spacial score (nSPS) is 30.2. The molecule has 11 heavy (non-hydrogen) atoms. The molecule has 0 radical (unpaired) electrons. The Hall–Kier alpha value is -0.520. The van der Waals surface area contributed by atoms with Crippen LogP contribution in [0.4, 0.5) is 0 Å². The molecule has 2 heteroatoms. The van der Waals surface area contributed by atoms with E-state index in [1.807, 2.05) is 0 Å². The molecule has 2 atom stereocenters. The standard InChI is InChI=1S/C9H15NO/c1-2-3-4-5-8-6-10-7-9(8)11/h1,8-11H,3-7H2/t8-,9-/m1/s1. The maximum atomic E-state index is 9.37. The highest BCUT2D eigenvalue weighted by atomic mass is 16.3. The summed E-state index contributed by atoms with van der Waals surface area (Å²) >= 11 is 0. The zero-order valence-corrected chi connectivity index (χ0v) is 6.71. The quantitative estimate of drug-likeness (QED) is 0.453. The fourth-order valence-electron chi connectivity index (χ4n) is 1.48. The Morgan fingerprint density at radius 3 is 2.91 bits per heavy atom. The van der Waals surface area contributed by atoms with Crippen molar-refractivity contribution in [2.24, 2.45) is 5.92 Å². The van der Waals surface area contributed by atoms with Gasteiger partial charge >= 0.3 is 0 Å². The van der Waals surface area contributed by atoms with E-state index in [1.54, 1.807) is 0 Å². The van der Waals surface area contributed by atoms with Crippen LogP contribution in [0.15, 0.2) is 0 Å². The van der Waals surface area contributed by atoms with Gasteiger partial charge in [0.2, 0.25) is 0 Å². The summed E-state index contributed by atoms with van der Waals surface area (Å²) in [5.74, 6) is 3.04. The molecule has 0 aromatic carbocycles. The molecule has 2 nitrogen and oxygen atoms in total. The van der Waals surface area contributed by atoms with Gasteiger partial charge in [-0.25, -0.2) is 0 Å². The highest BCUT2D eigenvalue weighted by molar-refractivity contribution is 4.85. The van der Waals surface area contributed by atoms with Crippen molar-refractivity contribution >= 4 is 0 Å². The number of terminal acetylenes is 1. The summed E-state index contributed by atoms with van der Waals surface area (Å²) in [7, 11) is 0. The van der Waals surface area contributed by atoms with Gasteiger partial charge in [0.05, 0.1) is 6.10 Å². The molecule has 62 valence electrons. The Morgan fingerprint density at radius 1 is 1.55 bits per heavy atom. The van der Waals surface area contributed by atoms with Crippen LogP contribution in [0.5, 0.6) is 0 Å². The van der Waals surface area contributed by atoms with Crippen LogP contribution >= 0.6 is 0 Å². The molecule has 1 saturated heterocycles. The van der Waals surface area contributed by atoms with E-state index in [0.29, 0.717) is 5.92 Å². The molecule has 0 bridgehead atoms. The van der Waals surface area contributed by atoms with Crippen molar-refractivity contribution in [1.82, 2.24) is 5.32 Å². The predicted octanol–water partition coefficient (Wildman–Crippen LogP) is 0.370. The molecule has 0 amide bonds. The van der Waals surface area contributed by atoms with Gasteiger partial charge < -0.3 is 10.4 Å². The Balaban J connectivity index is 2.11. The first-order valence-corrected chi connectivity index (χ1v) is 4.17. The SMILES string of the molecule is C#CCCC[C@@H]1CNC[C@H]1O. The third-order valence-corrected chi connectivity index (χ3v) is 2.20. The average molecular weight is 153 g/mol. The van der Waals surface area contributed by atoms with E-state index in [1.165, 1.54) is 0 Å². The van der Waals surface area contributed by atoms with Gasteiger partial charge in [-0.3, -0.25) is 0 Å². The first kappa shape index (κ1) is 8.58. The molecular weight excluding hydrogens is 138 g/mol. The molecule has 0 aromatic rings. The van der Waals surface area contributed by atoms with Crippen LogP contribution in [-0.2, 0) is 0 Å².